The first-order chi connectivity index (χ1) is 9.00. The van der Waals surface area contributed by atoms with Crippen LogP contribution in [0.1, 0.15) is 39.0 Å². The van der Waals surface area contributed by atoms with Gasteiger partial charge >= 0.3 is 0 Å². The molecule has 2 rings (SSSR count). The van der Waals surface area contributed by atoms with Crippen LogP contribution >= 0.6 is 0 Å². The second-order valence-electron chi connectivity index (χ2n) is 5.45. The molecule has 0 aromatic rings. The minimum atomic E-state index is -2.60. The maximum atomic E-state index is 12.7. The van der Waals surface area contributed by atoms with Gasteiger partial charge in [0, 0.05) is 0 Å². The van der Waals surface area contributed by atoms with Crippen LogP contribution in [0.3, 0.4) is 0 Å². The summed E-state index contributed by atoms with van der Waals surface area (Å²) in [6.45, 7) is 0.896. The Labute approximate surface area is 111 Å². The van der Waals surface area contributed by atoms with Crippen molar-refractivity contribution in [1.82, 2.24) is 10.2 Å². The molecule has 0 aromatic carbocycles. The number of hydrogen-bond acceptors (Lipinski definition) is 2. The van der Waals surface area contributed by atoms with Crippen molar-refractivity contribution in [3.8, 4) is 0 Å². The molecule has 0 aromatic heterocycles. The number of halogens is 2. The van der Waals surface area contributed by atoms with Gasteiger partial charge in [0.1, 0.15) is 12.1 Å². The van der Waals surface area contributed by atoms with Crippen molar-refractivity contribution in [3.63, 3.8) is 0 Å². The molecule has 1 heterocycles. The van der Waals surface area contributed by atoms with Crippen LogP contribution in [0.4, 0.5) is 8.78 Å². The molecule has 2 atom stereocenters. The van der Waals surface area contributed by atoms with Gasteiger partial charge in [0.2, 0.25) is 11.8 Å². The molecule has 6 heteroatoms. The summed E-state index contributed by atoms with van der Waals surface area (Å²) in [4.78, 5) is 25.2. The number of nitrogens with one attached hydrogen (secondary N) is 1. The van der Waals surface area contributed by atoms with E-state index in [0.717, 1.165) is 37.0 Å². The third-order valence-corrected chi connectivity index (χ3v) is 4.05. The summed E-state index contributed by atoms with van der Waals surface area (Å²) in [6.07, 6.45) is 2.18. The van der Waals surface area contributed by atoms with Gasteiger partial charge < -0.3 is 10.2 Å². The highest BCUT2D eigenvalue weighted by molar-refractivity contribution is 5.96. The van der Waals surface area contributed by atoms with Crippen molar-refractivity contribution in [2.45, 2.75) is 57.5 Å². The lowest BCUT2D eigenvalue weighted by Gasteiger charge is -2.42. The van der Waals surface area contributed by atoms with Gasteiger partial charge in [0.05, 0.1) is 6.54 Å². The lowest BCUT2D eigenvalue weighted by molar-refractivity contribution is -0.153. The van der Waals surface area contributed by atoms with Crippen LogP contribution in [-0.4, -0.2) is 41.8 Å². The molecule has 1 saturated carbocycles. The van der Waals surface area contributed by atoms with Gasteiger partial charge in [-0.15, -0.1) is 0 Å². The number of rotatable bonds is 3. The predicted molar refractivity (Wildman–Crippen MR) is 65.7 cm³/mol. The van der Waals surface area contributed by atoms with Crippen LogP contribution in [0.2, 0.25) is 0 Å². The second-order valence-corrected chi connectivity index (χ2v) is 5.45. The van der Waals surface area contributed by atoms with Crippen LogP contribution in [0.15, 0.2) is 0 Å². The highest BCUT2D eigenvalue weighted by Gasteiger charge is 2.43. The Balaban J connectivity index is 2.19. The minimum Gasteiger partial charge on any atom is -0.343 e. The van der Waals surface area contributed by atoms with Gasteiger partial charge in [-0.2, -0.15) is 0 Å². The predicted octanol–water partition coefficient (Wildman–Crippen LogP) is 1.55. The van der Waals surface area contributed by atoms with E-state index >= 15 is 0 Å². The average Bonchev–Trinajstić information content (AvgIpc) is 2.36. The van der Waals surface area contributed by atoms with Crippen LogP contribution in [0.5, 0.6) is 0 Å². The standard InChI is InChI=1S/C13H20F2N2O2/c1-8-13(19)17(7-10(14)15)11(12(18)16-8)9-5-3-2-4-6-9/h8-11H,2-7H2,1H3,(H,16,18). The average molecular weight is 274 g/mol. The normalized spacial score (nSPS) is 29.8. The van der Waals surface area contributed by atoms with E-state index in [1.807, 2.05) is 0 Å². The lowest BCUT2D eigenvalue weighted by atomic mass is 9.81. The van der Waals surface area contributed by atoms with E-state index in [0.29, 0.717) is 0 Å². The zero-order chi connectivity index (χ0) is 14.0. The Hall–Kier alpha value is -1.20. The Bertz CT molecular complexity index is 357. The third-order valence-electron chi connectivity index (χ3n) is 4.05. The highest BCUT2D eigenvalue weighted by Crippen LogP contribution is 2.31. The summed E-state index contributed by atoms with van der Waals surface area (Å²) in [5.41, 5.74) is 0. The van der Waals surface area contributed by atoms with Crippen LogP contribution < -0.4 is 5.32 Å². The number of alkyl halides is 2. The van der Waals surface area contributed by atoms with Gasteiger partial charge in [0.25, 0.3) is 6.43 Å². The van der Waals surface area contributed by atoms with E-state index in [2.05, 4.69) is 5.32 Å². The molecule has 1 aliphatic carbocycles. The van der Waals surface area contributed by atoms with Gasteiger partial charge in [-0.1, -0.05) is 19.3 Å². The van der Waals surface area contributed by atoms with Crippen molar-refractivity contribution in [3.05, 3.63) is 0 Å². The fourth-order valence-corrected chi connectivity index (χ4v) is 3.16. The number of amides is 2. The fraction of sp³-hybridized carbons (Fsp3) is 0.846. The number of piperazine rings is 1. The Morgan fingerprint density at radius 1 is 1.26 bits per heavy atom. The minimum absolute atomic E-state index is 0.0175. The Morgan fingerprint density at radius 2 is 1.89 bits per heavy atom. The molecule has 2 fully saturated rings. The Morgan fingerprint density at radius 3 is 2.47 bits per heavy atom. The number of nitrogens with zero attached hydrogens (tertiary/aromatic N) is 1. The first-order valence-corrected chi connectivity index (χ1v) is 6.89. The molecule has 1 saturated heterocycles. The van der Waals surface area contributed by atoms with Crippen LogP contribution in [0, 0.1) is 5.92 Å². The van der Waals surface area contributed by atoms with Crippen molar-refractivity contribution in [2.75, 3.05) is 6.54 Å². The molecule has 0 bridgehead atoms. The van der Waals surface area contributed by atoms with E-state index in [1.165, 1.54) is 6.92 Å². The molecular formula is C13H20F2N2O2. The van der Waals surface area contributed by atoms with E-state index in [-0.39, 0.29) is 11.8 Å². The largest absolute Gasteiger partial charge is 0.343 e. The topological polar surface area (TPSA) is 49.4 Å². The fourth-order valence-electron chi connectivity index (χ4n) is 3.16. The quantitative estimate of drug-likeness (QED) is 0.849. The summed E-state index contributed by atoms with van der Waals surface area (Å²) in [7, 11) is 0. The van der Waals surface area contributed by atoms with Crippen molar-refractivity contribution < 1.29 is 18.4 Å². The maximum Gasteiger partial charge on any atom is 0.255 e. The monoisotopic (exact) mass is 274 g/mol. The molecule has 2 unspecified atom stereocenters. The number of carbonyl (C=O) groups is 2. The van der Waals surface area contributed by atoms with Crippen molar-refractivity contribution in [2.24, 2.45) is 5.92 Å². The summed E-state index contributed by atoms with van der Waals surface area (Å²) >= 11 is 0. The number of carbonyl (C=O) groups excluding carboxylic acids is 2. The molecule has 4 nitrogen and oxygen atoms in total. The van der Waals surface area contributed by atoms with E-state index in [1.54, 1.807) is 0 Å². The molecule has 1 N–H and O–H groups in total. The van der Waals surface area contributed by atoms with Crippen LogP contribution in [-0.2, 0) is 9.59 Å². The van der Waals surface area contributed by atoms with E-state index in [4.69, 9.17) is 0 Å². The SMILES string of the molecule is CC1NC(=O)C(C2CCCCC2)N(CC(F)F)C1=O. The molecule has 2 aliphatic rings. The first-order valence-electron chi connectivity index (χ1n) is 6.89. The summed E-state index contributed by atoms with van der Waals surface area (Å²) in [5.74, 6) is -0.654. The summed E-state index contributed by atoms with van der Waals surface area (Å²) in [6, 6.07) is -1.41. The van der Waals surface area contributed by atoms with Gasteiger partial charge in [-0.05, 0) is 25.7 Å². The van der Waals surface area contributed by atoms with Gasteiger partial charge in [-0.3, -0.25) is 9.59 Å². The van der Waals surface area contributed by atoms with Crippen molar-refractivity contribution >= 4 is 11.8 Å². The summed E-state index contributed by atoms with van der Waals surface area (Å²) in [5, 5.41) is 2.60. The Kier molecular flexibility index (Phi) is 4.37. The second kappa shape index (κ2) is 5.84. The molecule has 2 amide bonds. The maximum absolute atomic E-state index is 12.7. The molecule has 1 aliphatic heterocycles. The zero-order valence-corrected chi connectivity index (χ0v) is 11.1. The smallest absolute Gasteiger partial charge is 0.255 e. The van der Waals surface area contributed by atoms with Crippen LogP contribution in [0.25, 0.3) is 0 Å². The molecule has 0 radical (unpaired) electrons. The van der Waals surface area contributed by atoms with Crippen molar-refractivity contribution in [1.29, 1.82) is 0 Å². The highest BCUT2D eigenvalue weighted by atomic mass is 19.3. The molecule has 108 valence electrons. The number of hydrogen-bond donors (Lipinski definition) is 1. The van der Waals surface area contributed by atoms with Gasteiger partial charge in [-0.25, -0.2) is 8.78 Å². The first kappa shape index (κ1) is 14.2. The lowest BCUT2D eigenvalue weighted by Crippen LogP contribution is -2.65. The molecule has 0 spiro atoms. The molecule has 19 heavy (non-hydrogen) atoms. The van der Waals surface area contributed by atoms with E-state index < -0.39 is 31.0 Å². The van der Waals surface area contributed by atoms with E-state index in [9.17, 15) is 18.4 Å². The zero-order valence-electron chi connectivity index (χ0n) is 11.1. The third kappa shape index (κ3) is 3.04. The molecular weight excluding hydrogens is 254 g/mol. The summed E-state index contributed by atoms with van der Waals surface area (Å²) < 4.78 is 25.3. The van der Waals surface area contributed by atoms with Gasteiger partial charge in [0.15, 0.2) is 0 Å².